The predicted molar refractivity (Wildman–Crippen MR) is 92.9 cm³/mol. The van der Waals surface area contributed by atoms with Gasteiger partial charge in [0.2, 0.25) is 15.9 Å². The van der Waals surface area contributed by atoms with Gasteiger partial charge in [0.25, 0.3) is 0 Å². The highest BCUT2D eigenvalue weighted by Crippen LogP contribution is 2.26. The lowest BCUT2D eigenvalue weighted by molar-refractivity contribution is -0.120. The number of nitrogens with zero attached hydrogens (tertiary/aromatic N) is 1. The predicted octanol–water partition coefficient (Wildman–Crippen LogP) is 3.14. The summed E-state index contributed by atoms with van der Waals surface area (Å²) in [5, 5.41) is 2.21. The van der Waals surface area contributed by atoms with E-state index >= 15 is 0 Å². The molecule has 1 atom stereocenters. The first-order valence-electron chi connectivity index (χ1n) is 8.29. The van der Waals surface area contributed by atoms with E-state index in [0.717, 1.165) is 40.7 Å². The molecule has 9 heteroatoms. The lowest BCUT2D eigenvalue weighted by Gasteiger charge is -2.31. The second-order valence-corrected chi connectivity index (χ2v) is 8.18. The zero-order valence-corrected chi connectivity index (χ0v) is 15.0. The number of piperidine rings is 1. The van der Waals surface area contributed by atoms with Crippen molar-refractivity contribution in [1.29, 1.82) is 0 Å². The van der Waals surface area contributed by atoms with Gasteiger partial charge in [-0.1, -0.05) is 6.07 Å². The standard InChI is InChI=1S/C18H17F3N2O3S/c19-13-6-8-14(9-7-13)27(25,26)23-10-2-3-12(11-23)18(24)22-17-15(20)4-1-5-16(17)21/h1,4-9,12H,2-3,10-11H2,(H,22,24). The molecular weight excluding hydrogens is 381 g/mol. The molecule has 5 nitrogen and oxygen atoms in total. The van der Waals surface area contributed by atoms with Gasteiger partial charge in [0.15, 0.2) is 0 Å². The van der Waals surface area contributed by atoms with E-state index in [2.05, 4.69) is 5.32 Å². The van der Waals surface area contributed by atoms with Crippen LogP contribution in [0.4, 0.5) is 18.9 Å². The molecule has 0 saturated carbocycles. The normalized spacial score (nSPS) is 18.3. The fraction of sp³-hybridized carbons (Fsp3) is 0.278. The average molecular weight is 398 g/mol. The molecule has 0 spiro atoms. The number of anilines is 1. The highest BCUT2D eigenvalue weighted by Gasteiger charge is 2.33. The zero-order chi connectivity index (χ0) is 19.6. The van der Waals surface area contributed by atoms with Crippen LogP contribution >= 0.6 is 0 Å². The number of amides is 1. The average Bonchev–Trinajstić information content (AvgIpc) is 2.65. The number of hydrogen-bond acceptors (Lipinski definition) is 3. The third-order valence-electron chi connectivity index (χ3n) is 4.42. The second-order valence-electron chi connectivity index (χ2n) is 6.24. The van der Waals surface area contributed by atoms with Crippen LogP contribution in [0.5, 0.6) is 0 Å². The Kier molecular flexibility index (Phi) is 5.52. The molecule has 1 saturated heterocycles. The van der Waals surface area contributed by atoms with Gasteiger partial charge in [-0.05, 0) is 49.2 Å². The van der Waals surface area contributed by atoms with Gasteiger partial charge in [-0.3, -0.25) is 4.79 Å². The highest BCUT2D eigenvalue weighted by atomic mass is 32.2. The fourth-order valence-electron chi connectivity index (χ4n) is 2.97. The van der Waals surface area contributed by atoms with Crippen molar-refractivity contribution in [2.45, 2.75) is 17.7 Å². The second kappa shape index (κ2) is 7.69. The van der Waals surface area contributed by atoms with Crippen molar-refractivity contribution in [3.63, 3.8) is 0 Å². The van der Waals surface area contributed by atoms with Crippen LogP contribution in [0.25, 0.3) is 0 Å². The van der Waals surface area contributed by atoms with Crippen molar-refractivity contribution in [3.05, 3.63) is 59.9 Å². The molecule has 2 aromatic carbocycles. The van der Waals surface area contributed by atoms with E-state index < -0.39 is 45.0 Å². The van der Waals surface area contributed by atoms with E-state index in [-0.39, 0.29) is 18.0 Å². The summed E-state index contributed by atoms with van der Waals surface area (Å²) in [5.41, 5.74) is -0.555. The molecule has 1 amide bonds. The number of carbonyl (C=O) groups excluding carboxylic acids is 1. The number of hydrogen-bond donors (Lipinski definition) is 1. The van der Waals surface area contributed by atoms with Crippen molar-refractivity contribution < 1.29 is 26.4 Å². The summed E-state index contributed by atoms with van der Waals surface area (Å²) in [7, 11) is -3.90. The molecule has 27 heavy (non-hydrogen) atoms. The van der Waals surface area contributed by atoms with Crippen LogP contribution in [0.2, 0.25) is 0 Å². The van der Waals surface area contributed by atoms with Gasteiger partial charge >= 0.3 is 0 Å². The monoisotopic (exact) mass is 398 g/mol. The number of carbonyl (C=O) groups is 1. The fourth-order valence-corrected chi connectivity index (χ4v) is 4.50. The maximum Gasteiger partial charge on any atom is 0.243 e. The number of para-hydroxylation sites is 1. The van der Waals surface area contributed by atoms with Crippen LogP contribution in [-0.4, -0.2) is 31.7 Å². The molecule has 0 aliphatic carbocycles. The van der Waals surface area contributed by atoms with Gasteiger partial charge < -0.3 is 5.32 Å². The van der Waals surface area contributed by atoms with Crippen molar-refractivity contribution in [2.24, 2.45) is 5.92 Å². The molecular formula is C18H17F3N2O3S. The van der Waals surface area contributed by atoms with Crippen LogP contribution in [0.15, 0.2) is 47.4 Å². The van der Waals surface area contributed by atoms with Crippen LogP contribution in [-0.2, 0) is 14.8 Å². The van der Waals surface area contributed by atoms with Crippen molar-refractivity contribution >= 4 is 21.6 Å². The summed E-state index contributed by atoms with van der Waals surface area (Å²) in [6.07, 6.45) is 0.801. The minimum absolute atomic E-state index is 0.0786. The maximum atomic E-state index is 13.7. The molecule has 1 aliphatic rings. The summed E-state index contributed by atoms with van der Waals surface area (Å²) in [4.78, 5) is 12.3. The Hall–Kier alpha value is -2.39. The highest BCUT2D eigenvalue weighted by molar-refractivity contribution is 7.89. The number of rotatable bonds is 4. The molecule has 144 valence electrons. The molecule has 0 bridgehead atoms. The quantitative estimate of drug-likeness (QED) is 0.861. The molecule has 1 fully saturated rings. The Bertz CT molecular complexity index is 929. The smallest absolute Gasteiger partial charge is 0.243 e. The van der Waals surface area contributed by atoms with E-state index in [1.54, 1.807) is 0 Å². The topological polar surface area (TPSA) is 66.5 Å². The summed E-state index contributed by atoms with van der Waals surface area (Å²) in [6, 6.07) is 7.61. The van der Waals surface area contributed by atoms with Gasteiger partial charge in [0.1, 0.15) is 23.1 Å². The zero-order valence-electron chi connectivity index (χ0n) is 14.2. The number of halogens is 3. The number of benzene rings is 2. The van der Waals surface area contributed by atoms with E-state index in [1.165, 1.54) is 6.07 Å². The van der Waals surface area contributed by atoms with Gasteiger partial charge in [-0.2, -0.15) is 4.31 Å². The van der Waals surface area contributed by atoms with Gasteiger partial charge in [0, 0.05) is 13.1 Å². The molecule has 3 rings (SSSR count). The Balaban J connectivity index is 1.75. The minimum Gasteiger partial charge on any atom is -0.321 e. The molecule has 2 aromatic rings. The van der Waals surface area contributed by atoms with Crippen molar-refractivity contribution in [2.75, 3.05) is 18.4 Å². The minimum atomic E-state index is -3.90. The van der Waals surface area contributed by atoms with Gasteiger partial charge in [-0.25, -0.2) is 21.6 Å². The molecule has 1 aliphatic heterocycles. The maximum absolute atomic E-state index is 13.7. The number of sulfonamides is 1. The van der Waals surface area contributed by atoms with Crippen molar-refractivity contribution in [1.82, 2.24) is 4.31 Å². The van der Waals surface area contributed by atoms with Crippen LogP contribution in [0.3, 0.4) is 0 Å². The molecule has 1 heterocycles. The van der Waals surface area contributed by atoms with Crippen LogP contribution in [0, 0.1) is 23.4 Å². The lowest BCUT2D eigenvalue weighted by Crippen LogP contribution is -2.43. The molecule has 1 N–H and O–H groups in total. The molecule has 1 unspecified atom stereocenters. The first-order chi connectivity index (χ1) is 12.8. The van der Waals surface area contributed by atoms with E-state index in [9.17, 15) is 26.4 Å². The SMILES string of the molecule is O=C(Nc1c(F)cccc1F)C1CCCN(S(=O)(=O)c2ccc(F)cc2)C1. The number of nitrogens with one attached hydrogen (secondary N) is 1. The van der Waals surface area contributed by atoms with E-state index in [1.807, 2.05) is 0 Å². The summed E-state index contributed by atoms with van der Waals surface area (Å²) < 4.78 is 66.9. The summed E-state index contributed by atoms with van der Waals surface area (Å²) in [5.74, 6) is -3.78. The Morgan fingerprint density at radius 1 is 1.04 bits per heavy atom. The third-order valence-corrected chi connectivity index (χ3v) is 6.30. The van der Waals surface area contributed by atoms with E-state index in [4.69, 9.17) is 0 Å². The lowest BCUT2D eigenvalue weighted by atomic mass is 9.98. The van der Waals surface area contributed by atoms with E-state index in [0.29, 0.717) is 12.8 Å². The molecule has 0 aromatic heterocycles. The summed E-state index contributed by atoms with van der Waals surface area (Å²) >= 11 is 0. The van der Waals surface area contributed by atoms with Gasteiger partial charge in [-0.15, -0.1) is 0 Å². The first kappa shape index (κ1) is 19.4. The van der Waals surface area contributed by atoms with Crippen molar-refractivity contribution in [3.8, 4) is 0 Å². The summed E-state index contributed by atoms with van der Waals surface area (Å²) in [6.45, 7) is 0.0825. The Morgan fingerprint density at radius 2 is 1.67 bits per heavy atom. The van der Waals surface area contributed by atoms with Crippen LogP contribution < -0.4 is 5.32 Å². The third kappa shape index (κ3) is 4.14. The molecule has 0 radical (unpaired) electrons. The Labute approximate surface area is 154 Å². The first-order valence-corrected chi connectivity index (χ1v) is 9.73. The Morgan fingerprint density at radius 3 is 2.30 bits per heavy atom. The largest absolute Gasteiger partial charge is 0.321 e. The van der Waals surface area contributed by atoms with Crippen LogP contribution in [0.1, 0.15) is 12.8 Å². The van der Waals surface area contributed by atoms with Gasteiger partial charge in [0.05, 0.1) is 10.8 Å².